The average molecular weight is 456 g/mol. The van der Waals surface area contributed by atoms with Crippen LogP contribution < -0.4 is 5.32 Å². The van der Waals surface area contributed by atoms with Crippen molar-refractivity contribution in [3.63, 3.8) is 0 Å². The van der Waals surface area contributed by atoms with Gasteiger partial charge in [-0.05, 0) is 35.9 Å². The molecule has 0 saturated heterocycles. The molecule has 4 N–H and O–H groups in total. The number of hydrogen-bond acceptors (Lipinski definition) is 5. The summed E-state index contributed by atoms with van der Waals surface area (Å²) in [5.74, 6) is -0.945. The number of carbonyl (C=O) groups is 2. The molecule has 1 amide bonds. The summed E-state index contributed by atoms with van der Waals surface area (Å²) in [6.45, 7) is 0. The second-order valence-corrected chi connectivity index (χ2v) is 8.16. The van der Waals surface area contributed by atoms with Gasteiger partial charge in [0.15, 0.2) is 5.82 Å². The summed E-state index contributed by atoms with van der Waals surface area (Å²) in [6, 6.07) is 13.7. The van der Waals surface area contributed by atoms with Crippen LogP contribution >= 0.6 is 23.4 Å². The highest BCUT2D eigenvalue weighted by Gasteiger charge is 2.22. The molecule has 0 spiro atoms. The summed E-state index contributed by atoms with van der Waals surface area (Å²) in [5.41, 5.74) is 2.57. The maximum atomic E-state index is 12.4. The number of aromatic amines is 2. The van der Waals surface area contributed by atoms with Crippen molar-refractivity contribution in [1.29, 1.82) is 0 Å². The van der Waals surface area contributed by atoms with E-state index in [-0.39, 0.29) is 12.2 Å². The van der Waals surface area contributed by atoms with Gasteiger partial charge in [-0.25, -0.2) is 9.78 Å². The molecular formula is C21H18ClN5O3S. The third-order valence-electron chi connectivity index (χ3n) is 4.65. The van der Waals surface area contributed by atoms with Crippen molar-refractivity contribution >= 4 is 46.1 Å². The molecular weight excluding hydrogens is 438 g/mol. The summed E-state index contributed by atoms with van der Waals surface area (Å²) in [4.78, 5) is 31.5. The highest BCUT2D eigenvalue weighted by Crippen LogP contribution is 2.21. The fourth-order valence-corrected chi connectivity index (χ4v) is 3.87. The van der Waals surface area contributed by atoms with Crippen LogP contribution in [-0.4, -0.2) is 48.9 Å². The predicted octanol–water partition coefficient (Wildman–Crippen LogP) is 3.51. The van der Waals surface area contributed by atoms with E-state index in [9.17, 15) is 14.7 Å². The molecule has 158 valence electrons. The Bertz CT molecular complexity index is 1220. The van der Waals surface area contributed by atoms with Crippen LogP contribution in [0.3, 0.4) is 0 Å². The molecule has 0 fully saturated rings. The van der Waals surface area contributed by atoms with Gasteiger partial charge >= 0.3 is 5.97 Å². The molecule has 31 heavy (non-hydrogen) atoms. The minimum absolute atomic E-state index is 0.00439. The molecule has 8 nitrogen and oxygen atoms in total. The van der Waals surface area contributed by atoms with Gasteiger partial charge in [-0.15, -0.1) is 5.10 Å². The number of halogens is 1. The minimum atomic E-state index is -1.09. The summed E-state index contributed by atoms with van der Waals surface area (Å²) in [6.07, 6.45) is 1.95. The van der Waals surface area contributed by atoms with Crippen molar-refractivity contribution in [2.24, 2.45) is 0 Å². The Hall–Kier alpha value is -3.30. The number of aromatic nitrogens is 4. The SMILES string of the molecule is O=C(CSc1n[nH]c(-c2ccc(Cl)cc2)n1)N[C@@H](Cc1c[nH]c2ccccc12)C(=O)O. The normalized spacial score (nSPS) is 12.0. The average Bonchev–Trinajstić information content (AvgIpc) is 3.40. The standard InChI is InChI=1S/C21H18ClN5O3S/c22-14-7-5-12(6-8-14)19-25-21(27-26-19)31-11-18(28)24-17(20(29)30)9-13-10-23-16-4-2-1-3-15(13)16/h1-8,10,17,23H,9,11H2,(H,24,28)(H,29,30)(H,25,26,27)/t17-/m0/s1. The van der Waals surface area contributed by atoms with E-state index in [0.29, 0.717) is 16.0 Å². The number of carboxylic acids is 1. The van der Waals surface area contributed by atoms with E-state index in [0.717, 1.165) is 33.8 Å². The molecule has 2 heterocycles. The maximum Gasteiger partial charge on any atom is 0.326 e. The fourth-order valence-electron chi connectivity index (χ4n) is 3.13. The highest BCUT2D eigenvalue weighted by molar-refractivity contribution is 7.99. The van der Waals surface area contributed by atoms with E-state index in [2.05, 4.69) is 25.5 Å². The van der Waals surface area contributed by atoms with E-state index < -0.39 is 17.9 Å². The Morgan fingerprint density at radius 1 is 1.16 bits per heavy atom. The largest absolute Gasteiger partial charge is 0.480 e. The second kappa shape index (κ2) is 9.23. The van der Waals surface area contributed by atoms with Crippen LogP contribution in [0.15, 0.2) is 59.9 Å². The smallest absolute Gasteiger partial charge is 0.326 e. The molecule has 4 aromatic rings. The van der Waals surface area contributed by atoms with E-state index in [1.54, 1.807) is 18.3 Å². The maximum absolute atomic E-state index is 12.4. The molecule has 0 saturated carbocycles. The number of para-hydroxylation sites is 1. The Labute approximate surface area is 186 Å². The molecule has 0 aliphatic heterocycles. The van der Waals surface area contributed by atoms with Gasteiger partial charge in [-0.2, -0.15) is 0 Å². The first kappa shape index (κ1) is 21.0. The third-order valence-corrected chi connectivity index (χ3v) is 5.75. The number of carboxylic acid groups (broad SMARTS) is 1. The number of nitrogens with zero attached hydrogens (tertiary/aromatic N) is 2. The van der Waals surface area contributed by atoms with Crippen molar-refractivity contribution in [3.8, 4) is 11.4 Å². The van der Waals surface area contributed by atoms with Crippen molar-refractivity contribution in [2.75, 3.05) is 5.75 Å². The lowest BCUT2D eigenvalue weighted by Crippen LogP contribution is -2.43. The first-order chi connectivity index (χ1) is 15.0. The molecule has 0 aliphatic carbocycles. The first-order valence-corrected chi connectivity index (χ1v) is 10.7. The molecule has 4 rings (SSSR count). The number of rotatable bonds is 8. The lowest BCUT2D eigenvalue weighted by Gasteiger charge is -2.13. The van der Waals surface area contributed by atoms with Gasteiger partial charge < -0.3 is 15.4 Å². The van der Waals surface area contributed by atoms with Crippen molar-refractivity contribution in [3.05, 3.63) is 65.3 Å². The van der Waals surface area contributed by atoms with Crippen LogP contribution in [-0.2, 0) is 16.0 Å². The zero-order chi connectivity index (χ0) is 21.8. The second-order valence-electron chi connectivity index (χ2n) is 6.78. The Kier molecular flexibility index (Phi) is 6.24. The van der Waals surface area contributed by atoms with Gasteiger partial charge in [-0.3, -0.25) is 9.89 Å². The number of aliphatic carboxylic acids is 1. The Morgan fingerprint density at radius 2 is 1.94 bits per heavy atom. The summed E-state index contributed by atoms with van der Waals surface area (Å²) >= 11 is 7.01. The molecule has 0 bridgehead atoms. The van der Waals surface area contributed by atoms with Crippen molar-refractivity contribution < 1.29 is 14.7 Å². The summed E-state index contributed by atoms with van der Waals surface area (Å²) < 4.78 is 0. The quantitative estimate of drug-likeness (QED) is 0.301. The molecule has 1 atom stereocenters. The van der Waals surface area contributed by atoms with Gasteiger partial charge in [0.05, 0.1) is 5.75 Å². The van der Waals surface area contributed by atoms with E-state index in [1.165, 1.54) is 0 Å². The third kappa shape index (κ3) is 5.07. The highest BCUT2D eigenvalue weighted by atomic mass is 35.5. The molecule has 0 unspecified atom stereocenters. The number of hydrogen-bond donors (Lipinski definition) is 4. The zero-order valence-corrected chi connectivity index (χ0v) is 17.7. The van der Waals surface area contributed by atoms with Crippen LogP contribution in [0.5, 0.6) is 0 Å². The molecule has 0 radical (unpaired) electrons. The molecule has 2 aromatic heterocycles. The molecule has 10 heteroatoms. The molecule has 2 aromatic carbocycles. The fraction of sp³-hybridized carbons (Fsp3) is 0.143. The van der Waals surface area contributed by atoms with Crippen LogP contribution in [0.25, 0.3) is 22.3 Å². The lowest BCUT2D eigenvalue weighted by molar-refractivity contribution is -0.141. The van der Waals surface area contributed by atoms with E-state index in [1.807, 2.05) is 36.4 Å². The van der Waals surface area contributed by atoms with Crippen molar-refractivity contribution in [1.82, 2.24) is 25.5 Å². The number of fused-ring (bicyclic) bond motifs is 1. The number of H-pyrrole nitrogens is 2. The van der Waals surface area contributed by atoms with E-state index >= 15 is 0 Å². The van der Waals surface area contributed by atoms with Crippen molar-refractivity contribution in [2.45, 2.75) is 17.6 Å². The number of amides is 1. The lowest BCUT2D eigenvalue weighted by atomic mass is 10.1. The van der Waals surface area contributed by atoms with E-state index in [4.69, 9.17) is 11.6 Å². The zero-order valence-electron chi connectivity index (χ0n) is 16.1. The first-order valence-electron chi connectivity index (χ1n) is 9.38. The Morgan fingerprint density at radius 3 is 2.71 bits per heavy atom. The van der Waals surface area contributed by atoms with Crippen LogP contribution in [0.1, 0.15) is 5.56 Å². The van der Waals surface area contributed by atoms with Crippen LogP contribution in [0.2, 0.25) is 5.02 Å². The summed E-state index contributed by atoms with van der Waals surface area (Å²) in [7, 11) is 0. The number of nitrogens with one attached hydrogen (secondary N) is 3. The topological polar surface area (TPSA) is 124 Å². The van der Waals surface area contributed by atoms with Gasteiger partial charge in [0, 0.05) is 34.1 Å². The Balaban J connectivity index is 1.35. The predicted molar refractivity (Wildman–Crippen MR) is 119 cm³/mol. The summed E-state index contributed by atoms with van der Waals surface area (Å²) in [5, 5.41) is 21.0. The minimum Gasteiger partial charge on any atom is -0.480 e. The van der Waals surface area contributed by atoms with Crippen LogP contribution in [0, 0.1) is 0 Å². The van der Waals surface area contributed by atoms with Gasteiger partial charge in [0.2, 0.25) is 11.1 Å². The number of thioether (sulfide) groups is 1. The van der Waals surface area contributed by atoms with Crippen LogP contribution in [0.4, 0.5) is 0 Å². The van der Waals surface area contributed by atoms with Gasteiger partial charge in [0.25, 0.3) is 0 Å². The molecule has 0 aliphatic rings. The number of carbonyl (C=O) groups excluding carboxylic acids is 1. The monoisotopic (exact) mass is 455 g/mol. The number of benzene rings is 2. The van der Waals surface area contributed by atoms with Gasteiger partial charge in [-0.1, -0.05) is 41.6 Å². The van der Waals surface area contributed by atoms with Gasteiger partial charge in [0.1, 0.15) is 6.04 Å².